The number of hydrogen-bond acceptors (Lipinski definition) is 8. The first-order chi connectivity index (χ1) is 25.5. The molecule has 11 nitrogen and oxygen atoms in total. The molecule has 330 valence electrons. The summed E-state index contributed by atoms with van der Waals surface area (Å²) in [5, 5.41) is 8.26. The Hall–Kier alpha value is -2.13. The Morgan fingerprint density at radius 1 is 0.596 bits per heavy atom. The van der Waals surface area contributed by atoms with E-state index in [1.807, 2.05) is 12.1 Å². The van der Waals surface area contributed by atoms with Crippen LogP contribution in [-0.2, 0) is 28.6 Å². The number of ether oxygens (including phenoxy) is 3. The third kappa shape index (κ3) is 24.5. The van der Waals surface area contributed by atoms with Crippen LogP contribution in [-0.4, -0.2) is 83.7 Å². The summed E-state index contributed by atoms with van der Waals surface area (Å²) in [6.07, 6.45) is 8.60. The van der Waals surface area contributed by atoms with Gasteiger partial charge in [0, 0.05) is 6.42 Å². The summed E-state index contributed by atoms with van der Waals surface area (Å²) in [7, 11) is 0. The number of nitrogens with one attached hydrogen (secondary N) is 3. The molecule has 0 saturated carbocycles. The van der Waals surface area contributed by atoms with Crippen LogP contribution in [0.15, 0.2) is 24.3 Å². The van der Waals surface area contributed by atoms with Crippen LogP contribution >= 0.6 is 27.0 Å². The molecule has 3 amide bonds. The second-order valence-electron chi connectivity index (χ2n) is 17.8. The first-order valence-electron chi connectivity index (χ1n) is 20.7. The fourth-order valence-electron chi connectivity index (χ4n) is 6.36. The minimum atomic E-state index is -2.59. The molecule has 0 aliphatic rings. The molecule has 1 aromatic rings. The van der Waals surface area contributed by atoms with Crippen LogP contribution in [0.3, 0.4) is 0 Å². The largest absolute Gasteiger partial charge is 0.197 e. The van der Waals surface area contributed by atoms with Gasteiger partial charge in [0.25, 0.3) is 0 Å². The minimum absolute atomic E-state index is 0. The van der Waals surface area contributed by atoms with Crippen LogP contribution in [0.25, 0.3) is 0 Å². The number of urea groups is 1. The van der Waals surface area contributed by atoms with Gasteiger partial charge in [-0.2, -0.15) is 27.0 Å². The normalized spacial score (nSPS) is 12.8. The molecular formula is C43H79N3O8S2Sn. The molecule has 0 aliphatic carbocycles. The molecular weight excluding hydrogens is 869 g/mol. The van der Waals surface area contributed by atoms with Crippen molar-refractivity contribution in [2.24, 2.45) is 0 Å². The standard InChI is InChI=1S/C31H48N3O8.3C4H9.2H2S.Sn/c1-29(2,3)40-24(35)19-18-23(27(38)42-31(7,8)9)34-28(39)33-22(26(37)41-30(4,5)6)17-13-14-20-32-25(36)21-15-11-10-12-16-21;3*1-3-4-2;;;/h11-12,15-16,22-23H,13-14,17-20H2,1-9H3,(H,32,36)(H2,33,34,39);3*1,3-4H2,2H3;2*1H2;/t22-,23-;;;;;;/m0....../s1. The zero-order chi connectivity index (χ0) is 41.9. The van der Waals surface area contributed by atoms with Crippen molar-refractivity contribution in [3.63, 3.8) is 0 Å². The Morgan fingerprint density at radius 3 is 1.42 bits per heavy atom. The maximum absolute atomic E-state index is 13.2. The molecule has 0 radical (unpaired) electrons. The number of unbranched alkanes of at least 4 members (excludes halogenated alkanes) is 4. The van der Waals surface area contributed by atoms with Crippen LogP contribution in [0, 0.1) is 0 Å². The van der Waals surface area contributed by atoms with Gasteiger partial charge in [-0.1, -0.05) is 0 Å². The zero-order valence-electron chi connectivity index (χ0n) is 37.3. The molecule has 0 aliphatic heterocycles. The van der Waals surface area contributed by atoms with E-state index in [4.69, 9.17) is 14.2 Å². The van der Waals surface area contributed by atoms with Gasteiger partial charge >= 0.3 is 202 Å². The summed E-state index contributed by atoms with van der Waals surface area (Å²) < 4.78 is 22.1. The fourth-order valence-corrected chi connectivity index (χ4v) is 22.3. The molecule has 3 N–H and O–H groups in total. The van der Waals surface area contributed by atoms with Crippen molar-refractivity contribution >= 4 is 78.8 Å². The fraction of sp³-hybridized carbons (Fsp3) is 0.744. The molecule has 0 unspecified atom stereocenters. The molecule has 0 spiro atoms. The molecule has 0 fully saturated rings. The second kappa shape index (κ2) is 27.6. The number of carbonyl (C=O) groups is 5. The minimum Gasteiger partial charge on any atom is -0.197 e. The summed E-state index contributed by atoms with van der Waals surface area (Å²) >= 11 is -2.59. The third-order valence-corrected chi connectivity index (χ3v) is 24.7. The summed E-state index contributed by atoms with van der Waals surface area (Å²) in [5.41, 5.74) is -1.69. The van der Waals surface area contributed by atoms with E-state index in [0.29, 0.717) is 24.9 Å². The predicted molar refractivity (Wildman–Crippen MR) is 244 cm³/mol. The summed E-state index contributed by atoms with van der Waals surface area (Å²) in [4.78, 5) is 65.0. The average Bonchev–Trinajstić information content (AvgIpc) is 3.07. The van der Waals surface area contributed by atoms with E-state index < -0.39 is 71.2 Å². The van der Waals surface area contributed by atoms with Gasteiger partial charge in [-0.3, -0.25) is 4.79 Å². The molecule has 0 bridgehead atoms. The van der Waals surface area contributed by atoms with Crippen molar-refractivity contribution in [1.29, 1.82) is 0 Å². The molecule has 1 rings (SSSR count). The first kappa shape index (κ1) is 57.0. The Balaban J connectivity index is 0. The SMILES string of the molecule is CCC[CH2][Sn]([CH2]CCC)([CH2]CCC)[c]1ccc(C(=O)NCCCC[C@H](NC(=O)N[C@@H](CCC(=O)OC(C)(C)C)C(=O)OC(C)(C)C)C(=O)OC(C)(C)C)cc1.S.S. The van der Waals surface area contributed by atoms with E-state index in [2.05, 4.69) is 48.9 Å². The van der Waals surface area contributed by atoms with Crippen LogP contribution in [0.1, 0.15) is 164 Å². The predicted octanol–water partition coefficient (Wildman–Crippen LogP) is 8.71. The Labute approximate surface area is 363 Å². The number of carbonyl (C=O) groups excluding carboxylic acids is 5. The number of amides is 3. The summed E-state index contributed by atoms with van der Waals surface area (Å²) in [6.45, 7) is 22.8. The summed E-state index contributed by atoms with van der Waals surface area (Å²) in [5.74, 6) is -1.98. The molecule has 14 heteroatoms. The molecule has 1 aromatic carbocycles. The molecule has 0 saturated heterocycles. The molecule has 0 heterocycles. The Bertz CT molecular complexity index is 1340. The Kier molecular flexibility index (Phi) is 27.6. The van der Waals surface area contributed by atoms with Crippen molar-refractivity contribution in [3.8, 4) is 0 Å². The van der Waals surface area contributed by atoms with Gasteiger partial charge < -0.3 is 19.5 Å². The summed E-state index contributed by atoms with van der Waals surface area (Å²) in [6, 6.07) is 5.48. The maximum atomic E-state index is 13.2. The zero-order valence-corrected chi connectivity index (χ0v) is 42.2. The number of esters is 3. The maximum Gasteiger partial charge on any atom is -0.197 e. The van der Waals surface area contributed by atoms with E-state index >= 15 is 0 Å². The third-order valence-electron chi connectivity index (χ3n) is 9.04. The van der Waals surface area contributed by atoms with E-state index in [1.54, 1.807) is 62.3 Å². The van der Waals surface area contributed by atoms with Gasteiger partial charge in [0.1, 0.15) is 22.8 Å². The van der Waals surface area contributed by atoms with Crippen molar-refractivity contribution < 1.29 is 38.2 Å². The van der Waals surface area contributed by atoms with Crippen LogP contribution in [0.4, 0.5) is 4.79 Å². The van der Waals surface area contributed by atoms with Gasteiger partial charge in [-0.25, -0.2) is 14.4 Å². The number of benzene rings is 1. The quantitative estimate of drug-likeness (QED) is 0.0427. The van der Waals surface area contributed by atoms with Gasteiger partial charge in [0.05, 0.1) is 0 Å². The van der Waals surface area contributed by atoms with Crippen molar-refractivity contribution in [3.05, 3.63) is 29.8 Å². The van der Waals surface area contributed by atoms with Crippen LogP contribution in [0.5, 0.6) is 0 Å². The van der Waals surface area contributed by atoms with Crippen molar-refractivity contribution in [2.75, 3.05) is 6.54 Å². The number of rotatable bonds is 23. The number of hydrogen-bond donors (Lipinski definition) is 3. The average molecular weight is 949 g/mol. The van der Waals surface area contributed by atoms with Crippen LogP contribution in [0.2, 0.25) is 13.3 Å². The topological polar surface area (TPSA) is 149 Å². The van der Waals surface area contributed by atoms with Gasteiger partial charge in [0.2, 0.25) is 0 Å². The first-order valence-corrected chi connectivity index (χ1v) is 28.2. The smallest absolute Gasteiger partial charge is 0.197 e. The molecule has 2 atom stereocenters. The molecule has 0 aromatic heterocycles. The monoisotopic (exact) mass is 949 g/mol. The van der Waals surface area contributed by atoms with Gasteiger partial charge in [-0.05, 0) is 68.7 Å². The van der Waals surface area contributed by atoms with Crippen molar-refractivity contribution in [1.82, 2.24) is 16.0 Å². The van der Waals surface area contributed by atoms with Crippen LogP contribution < -0.4 is 19.5 Å². The Morgan fingerprint density at radius 2 is 1.02 bits per heavy atom. The van der Waals surface area contributed by atoms with Gasteiger partial charge in [-0.15, -0.1) is 0 Å². The van der Waals surface area contributed by atoms with E-state index in [0.717, 1.165) is 0 Å². The van der Waals surface area contributed by atoms with E-state index in [1.165, 1.54) is 55.4 Å². The van der Waals surface area contributed by atoms with Gasteiger partial charge in [0.15, 0.2) is 0 Å². The van der Waals surface area contributed by atoms with E-state index in [9.17, 15) is 24.0 Å². The second-order valence-corrected chi connectivity index (χ2v) is 31.1. The molecule has 57 heavy (non-hydrogen) atoms. The van der Waals surface area contributed by atoms with E-state index in [-0.39, 0.29) is 52.2 Å². The van der Waals surface area contributed by atoms with Crippen molar-refractivity contribution in [2.45, 2.75) is 196 Å².